The Kier molecular flexibility index (Phi) is 3.98. The van der Waals surface area contributed by atoms with Crippen molar-refractivity contribution in [1.29, 1.82) is 0 Å². The first-order valence-electron chi connectivity index (χ1n) is 5.97. The molecule has 1 amide bonds. The number of terminal acetylenes is 1. The number of hydrogen-bond acceptors (Lipinski definition) is 2. The van der Waals surface area contributed by atoms with Gasteiger partial charge in [0.05, 0.1) is 11.0 Å². The van der Waals surface area contributed by atoms with E-state index in [0.29, 0.717) is 0 Å². The van der Waals surface area contributed by atoms with Crippen LogP contribution >= 0.6 is 0 Å². The smallest absolute Gasteiger partial charge is 0.228 e. The number of carbonyl (C=O) groups excluding carboxylic acids is 1. The third kappa shape index (κ3) is 2.76. The number of amides is 1. The first kappa shape index (κ1) is 13.1. The van der Waals surface area contributed by atoms with Crippen LogP contribution in [-0.4, -0.2) is 24.5 Å². The third-order valence-corrected chi connectivity index (χ3v) is 3.42. The maximum Gasteiger partial charge on any atom is 0.228 e. The summed E-state index contributed by atoms with van der Waals surface area (Å²) >= 11 is 0. The van der Waals surface area contributed by atoms with Gasteiger partial charge in [0.2, 0.25) is 5.91 Å². The van der Waals surface area contributed by atoms with Crippen LogP contribution in [0.4, 0.5) is 0 Å². The van der Waals surface area contributed by atoms with Crippen LogP contribution in [0.3, 0.4) is 0 Å². The van der Waals surface area contributed by atoms with Gasteiger partial charge in [-0.1, -0.05) is 12.8 Å². The summed E-state index contributed by atoms with van der Waals surface area (Å²) in [5.74, 6) is 2.69. The van der Waals surface area contributed by atoms with Gasteiger partial charge < -0.3 is 10.6 Å². The second-order valence-electron chi connectivity index (χ2n) is 5.14. The molecule has 16 heavy (non-hydrogen) atoms. The van der Waals surface area contributed by atoms with Gasteiger partial charge in [0.15, 0.2) is 0 Å². The quantitative estimate of drug-likeness (QED) is 0.707. The molecule has 1 heterocycles. The second kappa shape index (κ2) is 4.88. The summed E-state index contributed by atoms with van der Waals surface area (Å²) in [7, 11) is 0. The van der Waals surface area contributed by atoms with E-state index in [2.05, 4.69) is 23.5 Å². The van der Waals surface area contributed by atoms with Gasteiger partial charge in [-0.05, 0) is 39.7 Å². The van der Waals surface area contributed by atoms with Crippen LogP contribution in [0.1, 0.15) is 40.0 Å². The van der Waals surface area contributed by atoms with Gasteiger partial charge in [0.25, 0.3) is 0 Å². The van der Waals surface area contributed by atoms with Crippen molar-refractivity contribution in [1.82, 2.24) is 10.6 Å². The van der Waals surface area contributed by atoms with Crippen molar-refractivity contribution < 1.29 is 4.79 Å². The Morgan fingerprint density at radius 2 is 2.31 bits per heavy atom. The molecule has 1 atom stereocenters. The number of carbonyl (C=O) groups is 1. The summed E-state index contributed by atoms with van der Waals surface area (Å²) in [4.78, 5) is 12.3. The molecule has 1 fully saturated rings. The first-order valence-corrected chi connectivity index (χ1v) is 5.97. The molecule has 0 saturated carbocycles. The lowest BCUT2D eigenvalue weighted by atomic mass is 9.77. The van der Waals surface area contributed by atoms with E-state index in [1.54, 1.807) is 0 Å². The lowest BCUT2D eigenvalue weighted by Crippen LogP contribution is -2.55. The van der Waals surface area contributed by atoms with Crippen molar-refractivity contribution in [3.63, 3.8) is 0 Å². The van der Waals surface area contributed by atoms with Crippen molar-refractivity contribution in [3.8, 4) is 12.3 Å². The predicted molar refractivity (Wildman–Crippen MR) is 65.9 cm³/mol. The fraction of sp³-hybridized carbons (Fsp3) is 0.769. The highest BCUT2D eigenvalue weighted by molar-refractivity contribution is 5.84. The van der Waals surface area contributed by atoms with Crippen molar-refractivity contribution >= 4 is 5.91 Å². The van der Waals surface area contributed by atoms with Crippen LogP contribution in [0.15, 0.2) is 0 Å². The minimum atomic E-state index is -0.559. The topological polar surface area (TPSA) is 41.1 Å². The molecule has 0 spiro atoms. The zero-order chi connectivity index (χ0) is 12.2. The minimum Gasteiger partial charge on any atom is -0.340 e. The molecule has 3 heteroatoms. The van der Waals surface area contributed by atoms with E-state index in [-0.39, 0.29) is 11.3 Å². The molecule has 1 aliphatic heterocycles. The average Bonchev–Trinajstić information content (AvgIpc) is 2.29. The highest BCUT2D eigenvalue weighted by Crippen LogP contribution is 2.30. The van der Waals surface area contributed by atoms with E-state index < -0.39 is 5.54 Å². The molecule has 1 unspecified atom stereocenters. The summed E-state index contributed by atoms with van der Waals surface area (Å²) < 4.78 is 0. The van der Waals surface area contributed by atoms with Gasteiger partial charge in [0.1, 0.15) is 0 Å². The SMILES string of the molecule is C#CC(C)(C)NC(=O)C1(CC)CCCNC1. The summed E-state index contributed by atoms with van der Waals surface area (Å²) in [5, 5.41) is 6.25. The number of piperidine rings is 1. The Balaban J connectivity index is 2.74. The van der Waals surface area contributed by atoms with Gasteiger partial charge in [-0.3, -0.25) is 4.79 Å². The van der Waals surface area contributed by atoms with E-state index in [9.17, 15) is 4.79 Å². The second-order valence-corrected chi connectivity index (χ2v) is 5.14. The summed E-state index contributed by atoms with van der Waals surface area (Å²) in [6.07, 6.45) is 8.24. The van der Waals surface area contributed by atoms with Crippen LogP contribution in [0.2, 0.25) is 0 Å². The molecule has 0 bridgehead atoms. The fourth-order valence-electron chi connectivity index (χ4n) is 2.08. The minimum absolute atomic E-state index is 0.0881. The number of nitrogens with one attached hydrogen (secondary N) is 2. The molecule has 0 aromatic carbocycles. The average molecular weight is 222 g/mol. The first-order chi connectivity index (χ1) is 7.46. The molecule has 3 nitrogen and oxygen atoms in total. The fourth-order valence-corrected chi connectivity index (χ4v) is 2.08. The third-order valence-electron chi connectivity index (χ3n) is 3.42. The lowest BCUT2D eigenvalue weighted by Gasteiger charge is -2.37. The van der Waals surface area contributed by atoms with Gasteiger partial charge >= 0.3 is 0 Å². The maximum absolute atomic E-state index is 12.3. The molecule has 2 N–H and O–H groups in total. The van der Waals surface area contributed by atoms with Crippen LogP contribution in [0.25, 0.3) is 0 Å². The van der Waals surface area contributed by atoms with E-state index in [4.69, 9.17) is 6.42 Å². The van der Waals surface area contributed by atoms with Crippen molar-refractivity contribution in [2.45, 2.75) is 45.6 Å². The monoisotopic (exact) mass is 222 g/mol. The van der Waals surface area contributed by atoms with Crippen LogP contribution in [0.5, 0.6) is 0 Å². The molecule has 0 aliphatic carbocycles. The molecule has 90 valence electrons. The van der Waals surface area contributed by atoms with Gasteiger partial charge in [-0.2, -0.15) is 0 Å². The zero-order valence-corrected chi connectivity index (χ0v) is 10.5. The van der Waals surface area contributed by atoms with E-state index in [1.807, 2.05) is 13.8 Å². The van der Waals surface area contributed by atoms with Gasteiger partial charge in [-0.25, -0.2) is 0 Å². The van der Waals surface area contributed by atoms with E-state index >= 15 is 0 Å². The lowest BCUT2D eigenvalue weighted by molar-refractivity contribution is -0.133. The summed E-state index contributed by atoms with van der Waals surface area (Å²) in [5.41, 5.74) is -0.830. The van der Waals surface area contributed by atoms with Crippen LogP contribution in [0, 0.1) is 17.8 Å². The van der Waals surface area contributed by atoms with Crippen molar-refractivity contribution in [3.05, 3.63) is 0 Å². The van der Waals surface area contributed by atoms with Gasteiger partial charge in [0, 0.05) is 6.54 Å². The zero-order valence-electron chi connectivity index (χ0n) is 10.5. The molecule has 0 aromatic heterocycles. The Bertz CT molecular complexity index is 296. The highest BCUT2D eigenvalue weighted by atomic mass is 16.2. The number of hydrogen-bond donors (Lipinski definition) is 2. The number of rotatable bonds is 3. The van der Waals surface area contributed by atoms with Crippen molar-refractivity contribution in [2.75, 3.05) is 13.1 Å². The molecular formula is C13H22N2O. The van der Waals surface area contributed by atoms with Crippen molar-refractivity contribution in [2.24, 2.45) is 5.41 Å². The van der Waals surface area contributed by atoms with Gasteiger partial charge in [-0.15, -0.1) is 6.42 Å². The van der Waals surface area contributed by atoms with E-state index in [1.165, 1.54) is 0 Å². The molecule has 1 rings (SSSR count). The summed E-state index contributed by atoms with van der Waals surface area (Å²) in [6, 6.07) is 0. The Hall–Kier alpha value is -1.01. The van der Waals surface area contributed by atoms with Crippen LogP contribution < -0.4 is 10.6 Å². The summed E-state index contributed by atoms with van der Waals surface area (Å²) in [6.45, 7) is 7.54. The standard InChI is InChI=1S/C13H22N2O/c1-5-12(3,4)15-11(16)13(6-2)8-7-9-14-10-13/h1,14H,6-10H2,2-4H3,(H,15,16). The molecular weight excluding hydrogens is 200 g/mol. The Morgan fingerprint density at radius 3 is 2.75 bits per heavy atom. The highest BCUT2D eigenvalue weighted by Gasteiger charge is 2.39. The largest absolute Gasteiger partial charge is 0.340 e. The molecule has 0 aromatic rings. The Morgan fingerprint density at radius 1 is 1.62 bits per heavy atom. The molecule has 0 radical (unpaired) electrons. The predicted octanol–water partition coefficient (Wildman–Crippen LogP) is 1.29. The van der Waals surface area contributed by atoms with Crippen LogP contribution in [-0.2, 0) is 4.79 Å². The maximum atomic E-state index is 12.3. The molecule has 1 aliphatic rings. The molecule has 1 saturated heterocycles. The van der Waals surface area contributed by atoms with E-state index in [0.717, 1.165) is 32.4 Å². The Labute approximate surface area is 98.4 Å². The normalized spacial score (nSPS) is 25.9.